The fraction of sp³-hybridized carbons (Fsp3) is 0.231. The van der Waals surface area contributed by atoms with Crippen LogP contribution in [0.4, 0.5) is 0 Å². The Morgan fingerprint density at radius 3 is 2.31 bits per heavy atom. The molecule has 8 nitrogen and oxygen atoms in total. The highest BCUT2D eigenvalue weighted by Crippen LogP contribution is 2.30. The Morgan fingerprint density at radius 1 is 0.971 bits per heavy atom. The van der Waals surface area contributed by atoms with E-state index in [1.54, 1.807) is 49.4 Å². The zero-order valence-corrected chi connectivity index (χ0v) is 21.0. The molecule has 9 heteroatoms. The molecular formula is C26H27N3O5S. The number of para-hydroxylation sites is 1. The minimum atomic E-state index is -3.91. The molecule has 0 radical (unpaired) electrons. The van der Waals surface area contributed by atoms with Gasteiger partial charge in [0.1, 0.15) is 17.3 Å². The minimum Gasteiger partial charge on any atom is -0.497 e. The number of aromatic nitrogens is 2. The van der Waals surface area contributed by atoms with Gasteiger partial charge in [0.2, 0.25) is 10.0 Å². The van der Waals surface area contributed by atoms with Crippen LogP contribution in [0.1, 0.15) is 24.4 Å². The van der Waals surface area contributed by atoms with Crippen molar-refractivity contribution in [3.63, 3.8) is 0 Å². The maximum absolute atomic E-state index is 13.7. The van der Waals surface area contributed by atoms with E-state index in [1.807, 2.05) is 19.1 Å². The van der Waals surface area contributed by atoms with Crippen molar-refractivity contribution < 1.29 is 17.9 Å². The zero-order chi connectivity index (χ0) is 25.3. The number of ether oxygens (including phenoxy) is 2. The van der Waals surface area contributed by atoms with Gasteiger partial charge in [-0.15, -0.1) is 0 Å². The molecule has 0 saturated carbocycles. The van der Waals surface area contributed by atoms with E-state index in [0.717, 1.165) is 5.56 Å². The minimum absolute atomic E-state index is 0.107. The SMILES string of the molecule is COc1ccc(S(=O)(=O)N(C)C(C)c2nc3ccccc3c(=O)n2-c2cc(C)ccc2OC)cc1. The van der Waals surface area contributed by atoms with Crippen molar-refractivity contribution in [1.82, 2.24) is 13.9 Å². The predicted molar refractivity (Wildman–Crippen MR) is 135 cm³/mol. The van der Waals surface area contributed by atoms with E-state index in [-0.39, 0.29) is 16.3 Å². The third-order valence-electron chi connectivity index (χ3n) is 6.03. The summed E-state index contributed by atoms with van der Waals surface area (Å²) in [5, 5.41) is 0.424. The van der Waals surface area contributed by atoms with Crippen LogP contribution in [-0.2, 0) is 10.0 Å². The smallest absolute Gasteiger partial charge is 0.266 e. The molecule has 0 saturated heterocycles. The molecule has 182 valence electrons. The zero-order valence-electron chi connectivity index (χ0n) is 20.2. The number of benzene rings is 3. The van der Waals surface area contributed by atoms with Crippen LogP contribution in [0.15, 0.2) is 76.4 Å². The van der Waals surface area contributed by atoms with Crippen molar-refractivity contribution in [2.24, 2.45) is 0 Å². The Bertz CT molecular complexity index is 1550. The number of nitrogens with zero attached hydrogens (tertiary/aromatic N) is 3. The van der Waals surface area contributed by atoms with Crippen molar-refractivity contribution in [2.75, 3.05) is 21.3 Å². The van der Waals surface area contributed by atoms with Crippen LogP contribution in [0.25, 0.3) is 16.6 Å². The quantitative estimate of drug-likeness (QED) is 0.385. The molecule has 0 spiro atoms. The van der Waals surface area contributed by atoms with Gasteiger partial charge < -0.3 is 9.47 Å². The lowest BCUT2D eigenvalue weighted by Crippen LogP contribution is -2.35. The second kappa shape index (κ2) is 9.52. The van der Waals surface area contributed by atoms with Crippen LogP contribution in [0.5, 0.6) is 11.5 Å². The number of aryl methyl sites for hydroxylation is 1. The van der Waals surface area contributed by atoms with Gasteiger partial charge in [-0.25, -0.2) is 13.4 Å². The number of sulfonamides is 1. The van der Waals surface area contributed by atoms with Crippen LogP contribution in [0, 0.1) is 6.92 Å². The fourth-order valence-electron chi connectivity index (χ4n) is 3.92. The number of hydrogen-bond acceptors (Lipinski definition) is 6. The molecule has 1 atom stereocenters. The Labute approximate surface area is 204 Å². The molecule has 3 aromatic carbocycles. The first-order valence-electron chi connectivity index (χ1n) is 11.0. The Hall–Kier alpha value is -3.69. The second-order valence-electron chi connectivity index (χ2n) is 8.18. The normalized spacial score (nSPS) is 12.6. The number of hydrogen-bond donors (Lipinski definition) is 0. The molecule has 0 fully saturated rings. The van der Waals surface area contributed by atoms with Gasteiger partial charge in [0, 0.05) is 7.05 Å². The fourth-order valence-corrected chi connectivity index (χ4v) is 5.25. The summed E-state index contributed by atoms with van der Waals surface area (Å²) in [7, 11) is 0.607. The predicted octanol–water partition coefficient (Wildman–Crippen LogP) is 4.09. The van der Waals surface area contributed by atoms with Gasteiger partial charge in [-0.1, -0.05) is 18.2 Å². The summed E-state index contributed by atoms with van der Waals surface area (Å²) < 4.78 is 40.3. The summed E-state index contributed by atoms with van der Waals surface area (Å²) in [5.74, 6) is 1.30. The van der Waals surface area contributed by atoms with E-state index in [1.165, 1.54) is 42.3 Å². The molecular weight excluding hydrogens is 466 g/mol. The summed E-state index contributed by atoms with van der Waals surface area (Å²) in [4.78, 5) is 18.6. The second-order valence-corrected chi connectivity index (χ2v) is 10.2. The lowest BCUT2D eigenvalue weighted by Gasteiger charge is -2.27. The number of methoxy groups -OCH3 is 2. The van der Waals surface area contributed by atoms with E-state index in [2.05, 4.69) is 0 Å². The summed E-state index contributed by atoms with van der Waals surface area (Å²) in [6.45, 7) is 3.61. The van der Waals surface area contributed by atoms with E-state index in [0.29, 0.717) is 28.1 Å². The van der Waals surface area contributed by atoms with Crippen LogP contribution in [-0.4, -0.2) is 43.5 Å². The average Bonchev–Trinajstić information content (AvgIpc) is 2.87. The Kier molecular flexibility index (Phi) is 6.64. The van der Waals surface area contributed by atoms with Crippen LogP contribution in [0.2, 0.25) is 0 Å². The topological polar surface area (TPSA) is 90.7 Å². The highest BCUT2D eigenvalue weighted by atomic mass is 32.2. The van der Waals surface area contributed by atoms with Gasteiger partial charge in [0.05, 0.1) is 41.7 Å². The van der Waals surface area contributed by atoms with Crippen LogP contribution < -0.4 is 15.0 Å². The van der Waals surface area contributed by atoms with Gasteiger partial charge in [0.25, 0.3) is 5.56 Å². The third kappa shape index (κ3) is 4.40. The van der Waals surface area contributed by atoms with E-state index in [9.17, 15) is 13.2 Å². The summed E-state index contributed by atoms with van der Waals surface area (Å²) in [6.07, 6.45) is 0. The molecule has 0 aliphatic rings. The van der Waals surface area contributed by atoms with Crippen molar-refractivity contribution in [3.8, 4) is 17.2 Å². The summed E-state index contributed by atoms with van der Waals surface area (Å²) >= 11 is 0. The molecule has 35 heavy (non-hydrogen) atoms. The van der Waals surface area contributed by atoms with Gasteiger partial charge in [-0.2, -0.15) is 4.31 Å². The van der Waals surface area contributed by atoms with Crippen molar-refractivity contribution >= 4 is 20.9 Å². The first-order valence-corrected chi connectivity index (χ1v) is 12.4. The monoisotopic (exact) mass is 493 g/mol. The summed E-state index contributed by atoms with van der Waals surface area (Å²) in [6, 6.07) is 17.9. The molecule has 0 N–H and O–H groups in total. The van der Waals surface area contributed by atoms with E-state index >= 15 is 0 Å². The van der Waals surface area contributed by atoms with Gasteiger partial charge >= 0.3 is 0 Å². The first-order chi connectivity index (χ1) is 16.7. The Morgan fingerprint density at radius 2 is 1.66 bits per heavy atom. The summed E-state index contributed by atoms with van der Waals surface area (Å²) in [5.41, 5.74) is 1.58. The third-order valence-corrected chi connectivity index (χ3v) is 7.97. The maximum Gasteiger partial charge on any atom is 0.266 e. The number of rotatable bonds is 7. The van der Waals surface area contributed by atoms with Crippen LogP contribution in [0.3, 0.4) is 0 Å². The molecule has 0 bridgehead atoms. The van der Waals surface area contributed by atoms with E-state index < -0.39 is 16.1 Å². The highest BCUT2D eigenvalue weighted by molar-refractivity contribution is 7.89. The molecule has 0 amide bonds. The van der Waals surface area contributed by atoms with Gasteiger partial charge in [0.15, 0.2) is 0 Å². The van der Waals surface area contributed by atoms with E-state index in [4.69, 9.17) is 14.5 Å². The maximum atomic E-state index is 13.7. The molecule has 0 aliphatic carbocycles. The molecule has 1 heterocycles. The molecule has 4 aromatic rings. The van der Waals surface area contributed by atoms with Gasteiger partial charge in [-0.3, -0.25) is 9.36 Å². The van der Waals surface area contributed by atoms with Crippen molar-refractivity contribution in [1.29, 1.82) is 0 Å². The van der Waals surface area contributed by atoms with Crippen LogP contribution >= 0.6 is 0 Å². The van der Waals surface area contributed by atoms with Crippen molar-refractivity contribution in [3.05, 3.63) is 88.5 Å². The molecule has 4 rings (SSSR count). The van der Waals surface area contributed by atoms with Gasteiger partial charge in [-0.05, 0) is 67.9 Å². The molecule has 1 unspecified atom stereocenters. The lowest BCUT2D eigenvalue weighted by molar-refractivity contribution is 0.376. The highest BCUT2D eigenvalue weighted by Gasteiger charge is 2.30. The molecule has 0 aliphatic heterocycles. The molecule has 1 aromatic heterocycles. The lowest BCUT2D eigenvalue weighted by atomic mass is 10.1. The first kappa shape index (κ1) is 24.4. The average molecular weight is 494 g/mol. The standard InChI is InChI=1S/C26H27N3O5S/c1-17-10-15-24(34-5)23(16-17)29-25(27-22-9-7-6-8-21(22)26(29)30)18(2)28(3)35(31,32)20-13-11-19(33-4)12-14-20/h6-16,18H,1-5H3. The number of fused-ring (bicyclic) bond motifs is 1. The largest absolute Gasteiger partial charge is 0.497 e. The van der Waals surface area contributed by atoms with Crippen molar-refractivity contribution in [2.45, 2.75) is 24.8 Å². The Balaban J connectivity index is 1.93.